The highest BCUT2D eigenvalue weighted by molar-refractivity contribution is 9.10. The summed E-state index contributed by atoms with van der Waals surface area (Å²) in [6.45, 7) is 0. The summed E-state index contributed by atoms with van der Waals surface area (Å²) in [5, 5.41) is 0. The zero-order chi connectivity index (χ0) is 15.6. The highest BCUT2D eigenvalue weighted by Crippen LogP contribution is 2.40. The molecule has 0 amide bonds. The number of halogens is 6. The Morgan fingerprint density at radius 1 is 1.05 bits per heavy atom. The summed E-state index contributed by atoms with van der Waals surface area (Å²) in [5.74, 6) is -0.423. The fourth-order valence-electron chi connectivity index (χ4n) is 2.01. The Balaban J connectivity index is 2.36. The van der Waals surface area contributed by atoms with Crippen LogP contribution in [-0.2, 0) is 12.6 Å². The standard InChI is InChI=1S/C15H10Br2F4/c16-10-5-6-11(12(8-10)15(19,20)21)13(17)7-9-3-1-2-4-14(9)18/h1-6,8,13H,7H2. The van der Waals surface area contributed by atoms with Crippen LogP contribution in [0.2, 0.25) is 0 Å². The molecule has 0 nitrogen and oxygen atoms in total. The summed E-state index contributed by atoms with van der Waals surface area (Å²) in [7, 11) is 0. The predicted octanol–water partition coefficient (Wildman–Crippen LogP) is 6.29. The zero-order valence-electron chi connectivity index (χ0n) is 10.6. The largest absolute Gasteiger partial charge is 0.416 e. The molecule has 21 heavy (non-hydrogen) atoms. The van der Waals surface area contributed by atoms with Crippen LogP contribution < -0.4 is 0 Å². The van der Waals surface area contributed by atoms with Crippen LogP contribution in [0.3, 0.4) is 0 Å². The fraction of sp³-hybridized carbons (Fsp3) is 0.200. The van der Waals surface area contributed by atoms with Gasteiger partial charge in [0.25, 0.3) is 0 Å². The van der Waals surface area contributed by atoms with Crippen molar-refractivity contribution in [1.29, 1.82) is 0 Å². The Hall–Kier alpha value is -0.880. The van der Waals surface area contributed by atoms with E-state index in [1.165, 1.54) is 12.1 Å². The van der Waals surface area contributed by atoms with Gasteiger partial charge in [0.2, 0.25) is 0 Å². The molecule has 0 saturated heterocycles. The molecule has 0 aliphatic heterocycles. The second-order valence-corrected chi connectivity index (χ2v) is 6.51. The third-order valence-corrected chi connectivity index (χ3v) is 4.33. The normalized spacial score (nSPS) is 13.2. The maximum absolute atomic E-state index is 13.6. The van der Waals surface area contributed by atoms with E-state index in [4.69, 9.17) is 0 Å². The second kappa shape index (κ2) is 6.48. The first-order valence-corrected chi connectivity index (χ1v) is 7.74. The van der Waals surface area contributed by atoms with Crippen molar-refractivity contribution < 1.29 is 17.6 Å². The van der Waals surface area contributed by atoms with Gasteiger partial charge in [0, 0.05) is 9.30 Å². The number of hydrogen-bond donors (Lipinski definition) is 0. The Morgan fingerprint density at radius 2 is 1.71 bits per heavy atom. The van der Waals surface area contributed by atoms with E-state index in [1.54, 1.807) is 24.3 Å². The number of rotatable bonds is 3. The van der Waals surface area contributed by atoms with Gasteiger partial charge in [-0.25, -0.2) is 4.39 Å². The summed E-state index contributed by atoms with van der Waals surface area (Å²) in [6.07, 6.45) is -4.32. The molecule has 1 atom stereocenters. The molecule has 2 aromatic rings. The molecule has 0 bridgehead atoms. The maximum atomic E-state index is 13.6. The fourth-order valence-corrected chi connectivity index (χ4v) is 3.12. The molecule has 112 valence electrons. The minimum atomic E-state index is -4.46. The Morgan fingerprint density at radius 3 is 2.33 bits per heavy atom. The van der Waals surface area contributed by atoms with E-state index in [0.717, 1.165) is 6.07 Å². The lowest BCUT2D eigenvalue weighted by molar-refractivity contribution is -0.138. The van der Waals surface area contributed by atoms with E-state index >= 15 is 0 Å². The molecule has 1 unspecified atom stereocenters. The van der Waals surface area contributed by atoms with E-state index in [2.05, 4.69) is 31.9 Å². The molecular weight excluding hydrogens is 416 g/mol. The number of alkyl halides is 4. The smallest absolute Gasteiger partial charge is 0.207 e. The average molecular weight is 426 g/mol. The van der Waals surface area contributed by atoms with Crippen LogP contribution in [0.1, 0.15) is 21.5 Å². The van der Waals surface area contributed by atoms with Crippen molar-refractivity contribution in [2.45, 2.75) is 17.4 Å². The molecule has 6 heteroatoms. The summed E-state index contributed by atoms with van der Waals surface area (Å²) >= 11 is 6.28. The van der Waals surface area contributed by atoms with Crippen LogP contribution in [0.5, 0.6) is 0 Å². The molecular formula is C15H10Br2F4. The van der Waals surface area contributed by atoms with Gasteiger partial charge < -0.3 is 0 Å². The van der Waals surface area contributed by atoms with Crippen molar-refractivity contribution in [2.24, 2.45) is 0 Å². The predicted molar refractivity (Wildman–Crippen MR) is 80.9 cm³/mol. The van der Waals surface area contributed by atoms with Crippen LogP contribution >= 0.6 is 31.9 Å². The van der Waals surface area contributed by atoms with Crippen LogP contribution in [0, 0.1) is 5.82 Å². The molecule has 0 fully saturated rings. The summed E-state index contributed by atoms with van der Waals surface area (Å²) < 4.78 is 53.2. The van der Waals surface area contributed by atoms with E-state index < -0.39 is 22.4 Å². The van der Waals surface area contributed by atoms with E-state index in [-0.39, 0.29) is 12.0 Å². The molecule has 0 N–H and O–H groups in total. The lowest BCUT2D eigenvalue weighted by Crippen LogP contribution is -2.11. The van der Waals surface area contributed by atoms with Gasteiger partial charge in [0.05, 0.1) is 5.56 Å². The van der Waals surface area contributed by atoms with E-state index in [1.807, 2.05) is 0 Å². The van der Waals surface area contributed by atoms with Crippen molar-refractivity contribution in [2.75, 3.05) is 0 Å². The molecule has 0 saturated carbocycles. The molecule has 0 spiro atoms. The lowest BCUT2D eigenvalue weighted by atomic mass is 9.99. The summed E-state index contributed by atoms with van der Waals surface area (Å²) in [4.78, 5) is -0.626. The molecule has 0 aromatic heterocycles. The van der Waals surface area contributed by atoms with Crippen LogP contribution in [0.4, 0.5) is 17.6 Å². The molecule has 0 heterocycles. The van der Waals surface area contributed by atoms with Crippen LogP contribution in [0.15, 0.2) is 46.9 Å². The van der Waals surface area contributed by atoms with Gasteiger partial charge in [-0.1, -0.05) is 56.1 Å². The van der Waals surface area contributed by atoms with Gasteiger partial charge in [0.1, 0.15) is 5.82 Å². The first-order chi connectivity index (χ1) is 9.79. The summed E-state index contributed by atoms with van der Waals surface area (Å²) in [5.41, 5.74) is -0.264. The van der Waals surface area contributed by atoms with Crippen molar-refractivity contribution in [1.82, 2.24) is 0 Å². The topological polar surface area (TPSA) is 0 Å². The Labute approximate surface area is 136 Å². The highest BCUT2D eigenvalue weighted by atomic mass is 79.9. The maximum Gasteiger partial charge on any atom is 0.416 e. The Bertz CT molecular complexity index is 638. The SMILES string of the molecule is Fc1ccccc1CC(Br)c1ccc(Br)cc1C(F)(F)F. The van der Waals surface area contributed by atoms with E-state index in [0.29, 0.717) is 10.0 Å². The third kappa shape index (κ3) is 4.07. The van der Waals surface area contributed by atoms with E-state index in [9.17, 15) is 17.6 Å². The van der Waals surface area contributed by atoms with Gasteiger partial charge in [0.15, 0.2) is 0 Å². The Kier molecular flexibility index (Phi) is 5.09. The second-order valence-electron chi connectivity index (χ2n) is 4.49. The van der Waals surface area contributed by atoms with Gasteiger partial charge in [-0.2, -0.15) is 13.2 Å². The number of hydrogen-bond acceptors (Lipinski definition) is 0. The van der Waals surface area contributed by atoms with Crippen molar-refractivity contribution in [3.63, 3.8) is 0 Å². The minimum Gasteiger partial charge on any atom is -0.207 e. The molecule has 0 radical (unpaired) electrons. The molecule has 2 aromatic carbocycles. The highest BCUT2D eigenvalue weighted by Gasteiger charge is 2.35. The van der Waals surface area contributed by atoms with Crippen LogP contribution in [0.25, 0.3) is 0 Å². The van der Waals surface area contributed by atoms with Crippen molar-refractivity contribution >= 4 is 31.9 Å². The van der Waals surface area contributed by atoms with Gasteiger partial charge in [-0.05, 0) is 35.7 Å². The molecule has 0 aliphatic rings. The summed E-state index contributed by atoms with van der Waals surface area (Å²) in [6, 6.07) is 10.0. The first kappa shape index (κ1) is 16.5. The van der Waals surface area contributed by atoms with Crippen molar-refractivity contribution in [3.8, 4) is 0 Å². The molecule has 2 rings (SSSR count). The quantitative estimate of drug-likeness (QED) is 0.400. The van der Waals surface area contributed by atoms with Gasteiger partial charge in [-0.3, -0.25) is 0 Å². The number of benzene rings is 2. The zero-order valence-corrected chi connectivity index (χ0v) is 13.8. The minimum absolute atomic E-state index is 0.0916. The third-order valence-electron chi connectivity index (χ3n) is 3.02. The van der Waals surface area contributed by atoms with Gasteiger partial charge >= 0.3 is 6.18 Å². The van der Waals surface area contributed by atoms with Gasteiger partial charge in [-0.15, -0.1) is 0 Å². The van der Waals surface area contributed by atoms with Crippen LogP contribution in [-0.4, -0.2) is 0 Å². The average Bonchev–Trinajstić information content (AvgIpc) is 2.40. The monoisotopic (exact) mass is 424 g/mol. The lowest BCUT2D eigenvalue weighted by Gasteiger charge is -2.18. The first-order valence-electron chi connectivity index (χ1n) is 6.03. The van der Waals surface area contributed by atoms with Crippen molar-refractivity contribution in [3.05, 3.63) is 69.4 Å². The molecule has 0 aliphatic carbocycles.